The van der Waals surface area contributed by atoms with Crippen molar-refractivity contribution in [1.29, 1.82) is 0 Å². The Hall–Kier alpha value is -1.31. The van der Waals surface area contributed by atoms with E-state index in [0.29, 0.717) is 0 Å². The SMILES string of the molecule is CC/C=C/CCCCCCCCC/C=C/C/C=C/CC(=O)O. The third-order valence-electron chi connectivity index (χ3n) is 3.54. The number of unbranched alkanes of at least 4 members (excludes halogenated alkanes) is 8. The minimum absolute atomic E-state index is 0.128. The summed E-state index contributed by atoms with van der Waals surface area (Å²) in [4.78, 5) is 10.3. The third kappa shape index (κ3) is 18.7. The van der Waals surface area contributed by atoms with Gasteiger partial charge in [-0.15, -0.1) is 0 Å². The number of carboxylic acids is 1. The molecule has 2 nitrogen and oxygen atoms in total. The normalized spacial score (nSPS) is 12.0. The number of allylic oxidation sites excluding steroid dienone is 5. The molecule has 0 unspecified atom stereocenters. The predicted molar refractivity (Wildman–Crippen MR) is 96.1 cm³/mol. The summed E-state index contributed by atoms with van der Waals surface area (Å²) in [6.07, 6.45) is 26.5. The monoisotopic (exact) mass is 306 g/mol. The third-order valence-corrected chi connectivity index (χ3v) is 3.54. The van der Waals surface area contributed by atoms with Crippen LogP contribution in [0.15, 0.2) is 36.5 Å². The summed E-state index contributed by atoms with van der Waals surface area (Å²) >= 11 is 0. The Bertz CT molecular complexity index is 327. The molecule has 0 aromatic heterocycles. The molecule has 0 atom stereocenters. The Morgan fingerprint density at radius 1 is 0.727 bits per heavy atom. The van der Waals surface area contributed by atoms with Crippen molar-refractivity contribution in [1.82, 2.24) is 0 Å². The fourth-order valence-electron chi connectivity index (χ4n) is 2.27. The zero-order valence-corrected chi connectivity index (χ0v) is 14.3. The van der Waals surface area contributed by atoms with Crippen LogP contribution in [0.5, 0.6) is 0 Å². The standard InChI is InChI=1S/C20H34O2/c1-2-3-4-5-6-7-8-9-10-11-12-13-14-15-16-17-18-19-20(21)22/h3-4,14-15,17-18H,2,5-13,16,19H2,1H3,(H,21,22)/b4-3+,15-14+,18-17+. The molecule has 0 aliphatic rings. The van der Waals surface area contributed by atoms with Crippen LogP contribution in [0, 0.1) is 0 Å². The fraction of sp³-hybridized carbons (Fsp3) is 0.650. The van der Waals surface area contributed by atoms with E-state index in [-0.39, 0.29) is 6.42 Å². The second-order valence-electron chi connectivity index (χ2n) is 5.71. The van der Waals surface area contributed by atoms with Crippen molar-refractivity contribution in [3.63, 3.8) is 0 Å². The number of rotatable bonds is 15. The first-order valence-electron chi connectivity index (χ1n) is 8.94. The number of hydrogen-bond donors (Lipinski definition) is 1. The largest absolute Gasteiger partial charge is 0.481 e. The molecular weight excluding hydrogens is 272 g/mol. The molecule has 0 fully saturated rings. The minimum Gasteiger partial charge on any atom is -0.481 e. The number of aliphatic carboxylic acids is 1. The van der Waals surface area contributed by atoms with Crippen molar-refractivity contribution < 1.29 is 9.90 Å². The summed E-state index contributed by atoms with van der Waals surface area (Å²) in [5.74, 6) is -0.766. The second kappa shape index (κ2) is 17.7. The van der Waals surface area contributed by atoms with E-state index >= 15 is 0 Å². The average molecular weight is 306 g/mol. The summed E-state index contributed by atoms with van der Waals surface area (Å²) in [5.41, 5.74) is 0. The van der Waals surface area contributed by atoms with Crippen molar-refractivity contribution >= 4 is 5.97 Å². The van der Waals surface area contributed by atoms with Crippen molar-refractivity contribution in [3.8, 4) is 0 Å². The molecule has 0 aromatic carbocycles. The van der Waals surface area contributed by atoms with Gasteiger partial charge in [0, 0.05) is 0 Å². The van der Waals surface area contributed by atoms with Crippen molar-refractivity contribution in [2.45, 2.75) is 84.0 Å². The van der Waals surface area contributed by atoms with Crippen LogP contribution in [-0.2, 0) is 4.79 Å². The van der Waals surface area contributed by atoms with Gasteiger partial charge in [-0.25, -0.2) is 0 Å². The van der Waals surface area contributed by atoms with E-state index in [2.05, 4.69) is 31.2 Å². The molecule has 0 saturated carbocycles. The first kappa shape index (κ1) is 20.7. The van der Waals surface area contributed by atoms with Crippen LogP contribution in [0.25, 0.3) is 0 Å². The van der Waals surface area contributed by atoms with Crippen molar-refractivity contribution in [3.05, 3.63) is 36.5 Å². The summed E-state index contributed by atoms with van der Waals surface area (Å²) in [5, 5.41) is 8.47. The molecule has 0 radical (unpaired) electrons. The maximum absolute atomic E-state index is 10.3. The van der Waals surface area contributed by atoms with Gasteiger partial charge in [0.1, 0.15) is 0 Å². The van der Waals surface area contributed by atoms with E-state index in [0.717, 1.165) is 19.3 Å². The highest BCUT2D eigenvalue weighted by Gasteiger charge is 1.91. The summed E-state index contributed by atoms with van der Waals surface area (Å²) in [6.45, 7) is 2.18. The molecular formula is C20H34O2. The van der Waals surface area contributed by atoms with Crippen molar-refractivity contribution in [2.75, 3.05) is 0 Å². The van der Waals surface area contributed by atoms with E-state index < -0.39 is 5.97 Å². The van der Waals surface area contributed by atoms with Gasteiger partial charge in [-0.1, -0.05) is 75.5 Å². The van der Waals surface area contributed by atoms with Gasteiger partial charge in [-0.2, -0.15) is 0 Å². The molecule has 0 heterocycles. The van der Waals surface area contributed by atoms with Gasteiger partial charge in [0.25, 0.3) is 0 Å². The lowest BCUT2D eigenvalue weighted by molar-refractivity contribution is -0.136. The molecule has 22 heavy (non-hydrogen) atoms. The van der Waals surface area contributed by atoms with E-state index in [1.807, 2.05) is 6.08 Å². The smallest absolute Gasteiger partial charge is 0.307 e. The Morgan fingerprint density at radius 3 is 1.77 bits per heavy atom. The molecule has 2 heteroatoms. The van der Waals surface area contributed by atoms with Crippen LogP contribution in [0.1, 0.15) is 84.0 Å². The maximum Gasteiger partial charge on any atom is 0.307 e. The highest BCUT2D eigenvalue weighted by atomic mass is 16.4. The molecule has 0 amide bonds. The highest BCUT2D eigenvalue weighted by molar-refractivity contribution is 5.68. The lowest BCUT2D eigenvalue weighted by Gasteiger charge is -2.00. The predicted octanol–water partition coefficient (Wildman–Crippen LogP) is 6.44. The van der Waals surface area contributed by atoms with Crippen LogP contribution < -0.4 is 0 Å². The molecule has 0 spiro atoms. The minimum atomic E-state index is -0.766. The van der Waals surface area contributed by atoms with Gasteiger partial charge in [0.2, 0.25) is 0 Å². The fourth-order valence-corrected chi connectivity index (χ4v) is 2.27. The van der Waals surface area contributed by atoms with Gasteiger partial charge in [0.05, 0.1) is 6.42 Å². The lowest BCUT2D eigenvalue weighted by atomic mass is 10.1. The van der Waals surface area contributed by atoms with Crippen LogP contribution in [0.4, 0.5) is 0 Å². The Balaban J connectivity index is 3.18. The summed E-state index contributed by atoms with van der Waals surface area (Å²) in [6, 6.07) is 0. The topological polar surface area (TPSA) is 37.3 Å². The first-order chi connectivity index (χ1) is 10.8. The Kier molecular flexibility index (Phi) is 16.7. The number of carboxylic acid groups (broad SMARTS) is 1. The first-order valence-corrected chi connectivity index (χ1v) is 8.94. The molecule has 0 saturated heterocycles. The maximum atomic E-state index is 10.3. The average Bonchev–Trinajstić information content (AvgIpc) is 2.50. The molecule has 0 rings (SSSR count). The van der Waals surface area contributed by atoms with Crippen LogP contribution in [0.2, 0.25) is 0 Å². The van der Waals surface area contributed by atoms with Gasteiger partial charge >= 0.3 is 5.97 Å². The van der Waals surface area contributed by atoms with Crippen LogP contribution in [-0.4, -0.2) is 11.1 Å². The summed E-state index contributed by atoms with van der Waals surface area (Å²) < 4.78 is 0. The molecule has 0 aliphatic carbocycles. The zero-order valence-electron chi connectivity index (χ0n) is 14.3. The van der Waals surface area contributed by atoms with E-state index in [1.165, 1.54) is 51.4 Å². The van der Waals surface area contributed by atoms with Crippen LogP contribution in [0.3, 0.4) is 0 Å². The Morgan fingerprint density at radius 2 is 1.23 bits per heavy atom. The van der Waals surface area contributed by atoms with E-state index in [9.17, 15) is 4.79 Å². The van der Waals surface area contributed by atoms with E-state index in [4.69, 9.17) is 5.11 Å². The molecule has 0 aliphatic heterocycles. The lowest BCUT2D eigenvalue weighted by Crippen LogP contribution is -1.89. The summed E-state index contributed by atoms with van der Waals surface area (Å²) in [7, 11) is 0. The van der Waals surface area contributed by atoms with Gasteiger partial charge in [0.15, 0.2) is 0 Å². The quantitative estimate of drug-likeness (QED) is 0.279. The second-order valence-corrected chi connectivity index (χ2v) is 5.71. The molecule has 126 valence electrons. The van der Waals surface area contributed by atoms with Crippen molar-refractivity contribution in [2.24, 2.45) is 0 Å². The zero-order chi connectivity index (χ0) is 16.3. The molecule has 0 aromatic rings. The van der Waals surface area contributed by atoms with E-state index in [1.54, 1.807) is 6.08 Å². The molecule has 1 N–H and O–H groups in total. The highest BCUT2D eigenvalue weighted by Crippen LogP contribution is 2.10. The number of hydrogen-bond acceptors (Lipinski definition) is 1. The van der Waals surface area contributed by atoms with Gasteiger partial charge in [-0.3, -0.25) is 4.79 Å². The Labute approximate surface area is 137 Å². The van der Waals surface area contributed by atoms with Gasteiger partial charge in [-0.05, 0) is 38.5 Å². The van der Waals surface area contributed by atoms with Gasteiger partial charge < -0.3 is 5.11 Å². The van der Waals surface area contributed by atoms with Crippen LogP contribution >= 0.6 is 0 Å². The molecule has 0 bridgehead atoms. The number of carbonyl (C=O) groups is 1.